The molecule has 1 saturated heterocycles. The van der Waals surface area contributed by atoms with Crippen LogP contribution in [0.4, 0.5) is 0 Å². The number of carbonyl (C=O) groups is 1. The Morgan fingerprint density at radius 3 is 2.51 bits per heavy atom. The van der Waals surface area contributed by atoms with Gasteiger partial charge < -0.3 is 72.9 Å². The number of amides is 1. The van der Waals surface area contributed by atoms with Crippen LogP contribution < -0.4 is 33.2 Å². The van der Waals surface area contributed by atoms with Gasteiger partial charge in [-0.3, -0.25) is 4.79 Å². The predicted molar refractivity (Wildman–Crippen MR) is 146 cm³/mol. The largest absolute Gasteiger partial charge is 0.492 e. The van der Waals surface area contributed by atoms with Gasteiger partial charge in [0.1, 0.15) is 35.3 Å². The topological polar surface area (TPSA) is 260 Å². The Morgan fingerprint density at radius 1 is 1.17 bits per heavy atom. The molecule has 4 aliphatic rings. The number of likely N-dealkylation sites (N-methyl/N-ethyl adjacent to an activating group) is 1. The summed E-state index contributed by atoms with van der Waals surface area (Å²) in [4.78, 5) is 13.1. The van der Waals surface area contributed by atoms with Gasteiger partial charge in [-0.25, -0.2) is 0 Å². The quantitative estimate of drug-likeness (QED) is 0.107. The molecule has 1 unspecified atom stereocenters. The van der Waals surface area contributed by atoms with Gasteiger partial charge in [-0.1, -0.05) is 0 Å². The van der Waals surface area contributed by atoms with Gasteiger partial charge in [-0.05, 0) is 32.9 Å². The van der Waals surface area contributed by atoms with Gasteiger partial charge in [0.05, 0.1) is 37.9 Å². The summed E-state index contributed by atoms with van der Waals surface area (Å²) in [7, 11) is 1.59. The number of nitrogens with two attached hydrogens (primary N) is 3. The molecule has 2 aliphatic heterocycles. The summed E-state index contributed by atoms with van der Waals surface area (Å²) >= 11 is 0. The molecular weight excluding hydrogens is 540 g/mol. The maximum Gasteiger partial charge on any atom is 0.252 e. The first-order valence-electron chi connectivity index (χ1n) is 14.3. The van der Waals surface area contributed by atoms with E-state index in [-0.39, 0.29) is 38.5 Å². The Balaban J connectivity index is 1.56. The van der Waals surface area contributed by atoms with Crippen molar-refractivity contribution in [3.63, 3.8) is 0 Å². The summed E-state index contributed by atoms with van der Waals surface area (Å²) in [6.45, 7) is 2.06. The summed E-state index contributed by atoms with van der Waals surface area (Å²) in [5, 5.41) is 61.9. The zero-order valence-corrected chi connectivity index (χ0v) is 23.7. The SMILES string of the molecule is CN[C@@H]1[C@@H](O)[C@@H](O[C@H]2[C@H](NC(=O)C3(O)CC(N)C3)C[C@H](N)C([C@H]3OC(CNCCO)=CC[C@H]3N)[C@@H]2O)OC[C@]1(C)O. The van der Waals surface area contributed by atoms with E-state index in [0.29, 0.717) is 25.3 Å². The minimum Gasteiger partial charge on any atom is -0.492 e. The van der Waals surface area contributed by atoms with Crippen LogP contribution in [0.2, 0.25) is 0 Å². The highest BCUT2D eigenvalue weighted by Crippen LogP contribution is 2.37. The first-order valence-corrected chi connectivity index (χ1v) is 14.3. The summed E-state index contributed by atoms with van der Waals surface area (Å²) in [5.41, 5.74) is 15.8. The van der Waals surface area contributed by atoms with Crippen molar-refractivity contribution >= 4 is 5.91 Å². The van der Waals surface area contributed by atoms with E-state index in [9.17, 15) is 25.2 Å². The molecule has 0 spiro atoms. The van der Waals surface area contributed by atoms with Crippen molar-refractivity contribution in [3.05, 3.63) is 11.8 Å². The molecule has 0 bridgehead atoms. The van der Waals surface area contributed by atoms with E-state index in [1.54, 1.807) is 7.05 Å². The molecule has 41 heavy (non-hydrogen) atoms. The minimum absolute atomic E-state index is 0.0332. The number of hydrogen-bond donors (Lipinski definition) is 11. The van der Waals surface area contributed by atoms with Crippen LogP contribution in [0.15, 0.2) is 11.8 Å². The number of rotatable bonds is 10. The Kier molecular flexibility index (Phi) is 10.3. The number of ether oxygens (including phenoxy) is 3. The summed E-state index contributed by atoms with van der Waals surface area (Å²) in [5.74, 6) is -0.775. The summed E-state index contributed by atoms with van der Waals surface area (Å²) in [6.07, 6.45) is -3.09. The Bertz CT molecular complexity index is 935. The van der Waals surface area contributed by atoms with E-state index >= 15 is 0 Å². The van der Waals surface area contributed by atoms with Gasteiger partial charge >= 0.3 is 0 Å². The maximum absolute atomic E-state index is 13.1. The van der Waals surface area contributed by atoms with Gasteiger partial charge in [0.15, 0.2) is 6.29 Å². The second-order valence-electron chi connectivity index (χ2n) is 12.2. The van der Waals surface area contributed by atoms with Crippen LogP contribution in [0.5, 0.6) is 0 Å². The predicted octanol–water partition coefficient (Wildman–Crippen LogP) is -4.95. The van der Waals surface area contributed by atoms with Gasteiger partial charge in [-0.2, -0.15) is 0 Å². The van der Waals surface area contributed by atoms with Gasteiger partial charge in [0, 0.05) is 43.4 Å². The van der Waals surface area contributed by atoms with E-state index in [4.69, 9.17) is 36.5 Å². The van der Waals surface area contributed by atoms with Crippen molar-refractivity contribution in [2.24, 2.45) is 23.1 Å². The average Bonchev–Trinajstić information content (AvgIpc) is 2.88. The van der Waals surface area contributed by atoms with Crippen molar-refractivity contribution in [2.45, 2.75) is 105 Å². The highest BCUT2D eigenvalue weighted by atomic mass is 16.7. The van der Waals surface area contributed by atoms with Crippen molar-refractivity contribution in [1.82, 2.24) is 16.0 Å². The van der Waals surface area contributed by atoms with Crippen LogP contribution in [-0.2, 0) is 19.0 Å². The molecule has 15 heteroatoms. The van der Waals surface area contributed by atoms with Gasteiger partial charge in [0.25, 0.3) is 5.91 Å². The van der Waals surface area contributed by atoms with Crippen LogP contribution in [0.3, 0.4) is 0 Å². The van der Waals surface area contributed by atoms with E-state index in [1.165, 1.54) is 6.92 Å². The molecule has 2 aliphatic carbocycles. The molecule has 0 aromatic heterocycles. The number of nitrogens with one attached hydrogen (secondary N) is 3. The Hall–Kier alpha value is -1.47. The fraction of sp³-hybridized carbons (Fsp3) is 0.885. The molecule has 15 nitrogen and oxygen atoms in total. The lowest BCUT2D eigenvalue weighted by atomic mass is 9.71. The first-order chi connectivity index (χ1) is 19.3. The van der Waals surface area contributed by atoms with Crippen molar-refractivity contribution in [2.75, 3.05) is 33.4 Å². The lowest BCUT2D eigenvalue weighted by molar-refractivity contribution is -0.297. The van der Waals surface area contributed by atoms with E-state index < -0.39 is 77.9 Å². The fourth-order valence-electron chi connectivity index (χ4n) is 6.55. The maximum atomic E-state index is 13.1. The second kappa shape index (κ2) is 13.0. The Morgan fingerprint density at radius 2 is 1.88 bits per heavy atom. The number of aliphatic hydroxyl groups excluding tert-OH is 3. The van der Waals surface area contributed by atoms with Gasteiger partial charge in [0.2, 0.25) is 0 Å². The van der Waals surface area contributed by atoms with Crippen LogP contribution >= 0.6 is 0 Å². The van der Waals surface area contributed by atoms with Crippen molar-refractivity contribution < 1.29 is 44.5 Å². The van der Waals surface area contributed by atoms with E-state index in [2.05, 4.69) is 16.0 Å². The molecule has 0 aromatic carbocycles. The van der Waals surface area contributed by atoms with E-state index in [1.807, 2.05) is 6.08 Å². The van der Waals surface area contributed by atoms with Gasteiger partial charge in [-0.15, -0.1) is 0 Å². The zero-order chi connectivity index (χ0) is 30.1. The molecule has 236 valence electrons. The molecule has 11 atom stereocenters. The van der Waals surface area contributed by atoms with E-state index in [0.717, 1.165) is 0 Å². The van der Waals surface area contributed by atoms with Crippen LogP contribution in [0.25, 0.3) is 0 Å². The normalized spacial score (nSPS) is 46.7. The zero-order valence-electron chi connectivity index (χ0n) is 23.7. The Labute approximate surface area is 239 Å². The summed E-state index contributed by atoms with van der Waals surface area (Å²) in [6, 6.07) is -3.14. The third-order valence-electron chi connectivity index (χ3n) is 8.81. The standard InChI is InChI=1S/C26H48N6O9/c1-25(37)11-39-23(19(35)22(25)30-2)41-21-16(32-24(36)26(38)8-12(27)9-26)7-15(29)17(18(21)34)20-14(28)4-3-13(40-20)10-31-5-6-33/h3,12,14-23,30-31,33-35,37-38H,4-11,27-29H2,1-2H3,(H,32,36)/t12?,14-,15+,16-,17?,18+,19-,20+,21+,22-,23-,25+,26?/m1/s1. The smallest absolute Gasteiger partial charge is 0.252 e. The number of hydrogen-bond acceptors (Lipinski definition) is 14. The van der Waals surface area contributed by atoms with Crippen molar-refractivity contribution in [1.29, 1.82) is 0 Å². The fourth-order valence-corrected chi connectivity index (χ4v) is 6.55. The molecular formula is C26H48N6O9. The second-order valence-corrected chi connectivity index (χ2v) is 12.2. The molecule has 14 N–H and O–H groups in total. The molecule has 4 rings (SSSR count). The van der Waals surface area contributed by atoms with Crippen LogP contribution in [0.1, 0.15) is 32.6 Å². The molecule has 2 saturated carbocycles. The lowest BCUT2D eigenvalue weighted by Crippen LogP contribution is -2.70. The molecule has 0 aromatic rings. The highest BCUT2D eigenvalue weighted by molar-refractivity contribution is 5.86. The monoisotopic (exact) mass is 588 g/mol. The highest BCUT2D eigenvalue weighted by Gasteiger charge is 2.55. The lowest BCUT2D eigenvalue weighted by Gasteiger charge is -2.51. The third-order valence-corrected chi connectivity index (χ3v) is 8.81. The van der Waals surface area contributed by atoms with Crippen LogP contribution in [0, 0.1) is 5.92 Å². The minimum atomic E-state index is -1.64. The molecule has 0 radical (unpaired) electrons. The average molecular weight is 589 g/mol. The molecule has 2 heterocycles. The molecule has 3 fully saturated rings. The van der Waals surface area contributed by atoms with Crippen molar-refractivity contribution in [3.8, 4) is 0 Å². The summed E-state index contributed by atoms with van der Waals surface area (Å²) < 4.78 is 18.1. The first kappa shape index (κ1) is 32.4. The van der Waals surface area contributed by atoms with Crippen LogP contribution in [-0.4, -0.2) is 137 Å². The number of carbonyl (C=O) groups excluding carboxylic acids is 1. The number of aliphatic hydroxyl groups is 5. The third kappa shape index (κ3) is 6.87. The molecule has 1 amide bonds.